The molecule has 1 amide bonds. The number of carbonyl (C=O) groups is 2. The molecule has 0 saturated carbocycles. The third-order valence-corrected chi connectivity index (χ3v) is 4.84. The van der Waals surface area contributed by atoms with Crippen molar-refractivity contribution in [1.82, 2.24) is 14.9 Å². The summed E-state index contributed by atoms with van der Waals surface area (Å²) in [6.07, 6.45) is 1.09. The minimum Gasteiger partial charge on any atom is -0.493 e. The van der Waals surface area contributed by atoms with Crippen LogP contribution in [0.25, 0.3) is 10.9 Å². The summed E-state index contributed by atoms with van der Waals surface area (Å²) < 4.78 is 11.8. The van der Waals surface area contributed by atoms with Crippen molar-refractivity contribution in [3.8, 4) is 11.5 Å². The molecule has 9 heteroatoms. The zero-order valence-corrected chi connectivity index (χ0v) is 17.2. The lowest BCUT2D eigenvalue weighted by Crippen LogP contribution is -2.32. The molecule has 0 saturated heterocycles. The van der Waals surface area contributed by atoms with Gasteiger partial charge in [0.15, 0.2) is 11.5 Å². The van der Waals surface area contributed by atoms with Crippen molar-refractivity contribution in [2.24, 2.45) is 0 Å². The highest BCUT2D eigenvalue weighted by Crippen LogP contribution is 2.31. The number of nitrogens with zero attached hydrogens (tertiary/aromatic N) is 2. The topological polar surface area (TPSA) is 120 Å². The minimum absolute atomic E-state index is 0.0106. The maximum atomic E-state index is 12.5. The van der Waals surface area contributed by atoms with Gasteiger partial charge in [-0.3, -0.25) is 19.0 Å². The third kappa shape index (κ3) is 5.19. The Kier molecular flexibility index (Phi) is 6.86. The van der Waals surface area contributed by atoms with Crippen molar-refractivity contribution < 1.29 is 24.2 Å². The molecule has 0 aliphatic carbocycles. The number of amides is 1. The first kappa shape index (κ1) is 21.8. The lowest BCUT2D eigenvalue weighted by atomic mass is 10.0. The Morgan fingerprint density at radius 1 is 1.13 bits per heavy atom. The largest absolute Gasteiger partial charge is 0.493 e. The van der Waals surface area contributed by atoms with Gasteiger partial charge < -0.3 is 19.9 Å². The van der Waals surface area contributed by atoms with Crippen LogP contribution >= 0.6 is 0 Å². The number of ether oxygens (including phenoxy) is 2. The van der Waals surface area contributed by atoms with E-state index in [0.29, 0.717) is 28.0 Å². The fraction of sp³-hybridized carbons (Fsp3) is 0.273. The molecule has 1 heterocycles. The molecule has 1 atom stereocenters. The summed E-state index contributed by atoms with van der Waals surface area (Å²) >= 11 is 0. The number of aliphatic carboxylic acids is 1. The van der Waals surface area contributed by atoms with Crippen LogP contribution < -0.4 is 20.3 Å². The zero-order valence-electron chi connectivity index (χ0n) is 17.2. The average Bonchev–Trinajstić information content (AvgIpc) is 2.77. The fourth-order valence-corrected chi connectivity index (χ4v) is 3.25. The number of para-hydroxylation sites is 1. The molecule has 3 aromatic rings. The molecule has 2 N–H and O–H groups in total. The van der Waals surface area contributed by atoms with E-state index in [2.05, 4.69) is 10.3 Å². The molecular formula is C22H23N3O6. The van der Waals surface area contributed by atoms with E-state index in [9.17, 15) is 19.5 Å². The lowest BCUT2D eigenvalue weighted by molar-refractivity contribution is -0.137. The van der Waals surface area contributed by atoms with Crippen LogP contribution in [-0.2, 0) is 16.1 Å². The number of hydrogen-bond acceptors (Lipinski definition) is 6. The summed E-state index contributed by atoms with van der Waals surface area (Å²) in [5.74, 6) is -0.524. The first-order valence-corrected chi connectivity index (χ1v) is 9.60. The molecule has 9 nitrogen and oxygen atoms in total. The predicted octanol–water partition coefficient (Wildman–Crippen LogP) is 2.14. The average molecular weight is 425 g/mol. The molecule has 0 bridgehead atoms. The van der Waals surface area contributed by atoms with E-state index < -0.39 is 12.0 Å². The first-order chi connectivity index (χ1) is 14.9. The molecule has 0 spiro atoms. The van der Waals surface area contributed by atoms with Crippen LogP contribution in [0.4, 0.5) is 0 Å². The molecule has 0 aliphatic rings. The summed E-state index contributed by atoms with van der Waals surface area (Å²) in [7, 11) is 2.97. The Morgan fingerprint density at radius 2 is 1.87 bits per heavy atom. The molecule has 1 aromatic heterocycles. The van der Waals surface area contributed by atoms with Gasteiger partial charge in [-0.25, -0.2) is 4.98 Å². The van der Waals surface area contributed by atoms with E-state index in [0.717, 1.165) is 0 Å². The number of carboxylic acids is 1. The van der Waals surface area contributed by atoms with Crippen LogP contribution in [0.1, 0.15) is 24.4 Å². The van der Waals surface area contributed by atoms with Gasteiger partial charge in [-0.15, -0.1) is 0 Å². The smallest absolute Gasteiger partial charge is 0.305 e. The molecule has 162 valence electrons. The summed E-state index contributed by atoms with van der Waals surface area (Å²) in [6.45, 7) is 0.119. The zero-order chi connectivity index (χ0) is 22.4. The molecule has 1 unspecified atom stereocenters. The maximum Gasteiger partial charge on any atom is 0.305 e. The van der Waals surface area contributed by atoms with Crippen LogP contribution in [0, 0.1) is 0 Å². The van der Waals surface area contributed by atoms with Gasteiger partial charge in [0.1, 0.15) is 0 Å². The van der Waals surface area contributed by atoms with E-state index >= 15 is 0 Å². The van der Waals surface area contributed by atoms with Gasteiger partial charge in [-0.05, 0) is 29.8 Å². The highest BCUT2D eigenvalue weighted by Gasteiger charge is 2.20. The minimum atomic E-state index is -1.06. The fourth-order valence-electron chi connectivity index (χ4n) is 3.25. The van der Waals surface area contributed by atoms with Gasteiger partial charge in [0, 0.05) is 13.0 Å². The summed E-state index contributed by atoms with van der Waals surface area (Å²) in [5, 5.41) is 12.5. The van der Waals surface area contributed by atoms with E-state index in [4.69, 9.17) is 9.47 Å². The summed E-state index contributed by atoms with van der Waals surface area (Å²) in [6, 6.07) is 11.2. The van der Waals surface area contributed by atoms with Gasteiger partial charge in [0.25, 0.3) is 5.56 Å². The Bertz CT molecular complexity index is 1160. The second-order valence-corrected chi connectivity index (χ2v) is 6.84. The number of fused-ring (bicyclic) bond motifs is 1. The predicted molar refractivity (Wildman–Crippen MR) is 113 cm³/mol. The quantitative estimate of drug-likeness (QED) is 0.539. The van der Waals surface area contributed by atoms with Gasteiger partial charge in [0.2, 0.25) is 5.91 Å². The van der Waals surface area contributed by atoms with Gasteiger partial charge in [0.05, 0.1) is 43.9 Å². The van der Waals surface area contributed by atoms with E-state index in [1.54, 1.807) is 42.5 Å². The van der Waals surface area contributed by atoms with E-state index in [1.165, 1.54) is 25.1 Å². The molecule has 31 heavy (non-hydrogen) atoms. The standard InChI is InChI=1S/C22H23N3O6/c1-30-18-8-7-14(11-19(18)31-2)17(12-21(27)28)24-20(26)9-10-25-13-23-16-6-4-3-5-15(16)22(25)29/h3-8,11,13,17H,9-10,12H2,1-2H3,(H,24,26)(H,27,28). The van der Waals surface area contributed by atoms with Crippen LogP contribution in [0.2, 0.25) is 0 Å². The van der Waals surface area contributed by atoms with Gasteiger partial charge >= 0.3 is 5.97 Å². The molecule has 0 radical (unpaired) electrons. The second-order valence-electron chi connectivity index (χ2n) is 6.84. The number of aromatic nitrogens is 2. The van der Waals surface area contributed by atoms with Crippen molar-refractivity contribution >= 4 is 22.8 Å². The van der Waals surface area contributed by atoms with E-state index in [1.807, 2.05) is 0 Å². The number of aryl methyl sites for hydroxylation is 1. The summed E-state index contributed by atoms with van der Waals surface area (Å²) in [5.41, 5.74) is 0.918. The molecule has 3 rings (SSSR count). The summed E-state index contributed by atoms with van der Waals surface area (Å²) in [4.78, 5) is 40.6. The number of methoxy groups -OCH3 is 2. The van der Waals surface area contributed by atoms with Crippen molar-refractivity contribution in [1.29, 1.82) is 0 Å². The molecule has 0 fully saturated rings. The van der Waals surface area contributed by atoms with Crippen LogP contribution in [0.5, 0.6) is 11.5 Å². The number of carbonyl (C=O) groups excluding carboxylic acids is 1. The van der Waals surface area contributed by atoms with Gasteiger partial charge in [-0.1, -0.05) is 18.2 Å². The molecular weight excluding hydrogens is 402 g/mol. The lowest BCUT2D eigenvalue weighted by Gasteiger charge is -2.19. The Morgan fingerprint density at radius 3 is 2.58 bits per heavy atom. The Hall–Kier alpha value is -3.88. The third-order valence-electron chi connectivity index (χ3n) is 4.84. The highest BCUT2D eigenvalue weighted by molar-refractivity contribution is 5.78. The monoisotopic (exact) mass is 425 g/mol. The number of nitrogens with one attached hydrogen (secondary N) is 1. The van der Waals surface area contributed by atoms with Crippen LogP contribution in [0.3, 0.4) is 0 Å². The SMILES string of the molecule is COc1ccc(C(CC(=O)O)NC(=O)CCn2cnc3ccccc3c2=O)cc1OC. The number of hydrogen-bond donors (Lipinski definition) is 2. The van der Waals surface area contributed by atoms with Crippen molar-refractivity contribution in [3.05, 3.63) is 64.7 Å². The molecule has 0 aliphatic heterocycles. The van der Waals surface area contributed by atoms with Crippen molar-refractivity contribution in [3.63, 3.8) is 0 Å². The van der Waals surface area contributed by atoms with Crippen LogP contribution in [-0.4, -0.2) is 40.8 Å². The Balaban J connectivity index is 1.74. The van der Waals surface area contributed by atoms with Crippen LogP contribution in [0.15, 0.2) is 53.6 Å². The van der Waals surface area contributed by atoms with Crippen molar-refractivity contribution in [2.45, 2.75) is 25.4 Å². The molecule has 2 aromatic carbocycles. The highest BCUT2D eigenvalue weighted by atomic mass is 16.5. The first-order valence-electron chi connectivity index (χ1n) is 9.60. The maximum absolute atomic E-state index is 12.5. The van der Waals surface area contributed by atoms with Crippen molar-refractivity contribution in [2.75, 3.05) is 14.2 Å². The van der Waals surface area contributed by atoms with E-state index in [-0.39, 0.29) is 30.9 Å². The number of benzene rings is 2. The number of rotatable bonds is 9. The Labute approximate surface area is 178 Å². The number of carboxylic acid groups (broad SMARTS) is 1. The van der Waals surface area contributed by atoms with Gasteiger partial charge in [-0.2, -0.15) is 0 Å². The second kappa shape index (κ2) is 9.75. The normalized spacial score (nSPS) is 11.7.